The smallest absolute Gasteiger partial charge is 0.326 e. The number of carbonyl (C=O) groups excluding carboxylic acids is 1. The SMILES string of the molecule is NCc1cc(NC(=O)CCc2ccccn2)cc(C(F)(F)F)c1. The molecule has 0 saturated heterocycles. The van der Waals surface area contributed by atoms with Crippen molar-refractivity contribution >= 4 is 11.6 Å². The second-order valence-electron chi connectivity index (χ2n) is 4.99. The fraction of sp³-hybridized carbons (Fsp3) is 0.250. The van der Waals surface area contributed by atoms with Crippen LogP contribution in [-0.2, 0) is 23.9 Å². The van der Waals surface area contributed by atoms with Crippen LogP contribution in [0.4, 0.5) is 18.9 Å². The van der Waals surface area contributed by atoms with Gasteiger partial charge in [0, 0.05) is 30.5 Å². The Labute approximate surface area is 131 Å². The van der Waals surface area contributed by atoms with Crippen LogP contribution in [0.3, 0.4) is 0 Å². The van der Waals surface area contributed by atoms with Crippen molar-refractivity contribution in [3.63, 3.8) is 0 Å². The highest BCUT2D eigenvalue weighted by atomic mass is 19.4. The molecule has 0 fully saturated rings. The summed E-state index contributed by atoms with van der Waals surface area (Å²) in [6.45, 7) is -0.0409. The standard InChI is InChI=1S/C16H16F3N3O/c17-16(18,19)12-7-11(10-20)8-14(9-12)22-15(23)5-4-13-3-1-2-6-21-13/h1-3,6-9H,4-5,10,20H2,(H,22,23). The number of hydrogen-bond donors (Lipinski definition) is 2. The summed E-state index contributed by atoms with van der Waals surface area (Å²) >= 11 is 0. The number of rotatable bonds is 5. The predicted octanol–water partition coefficient (Wildman–Crippen LogP) is 3.13. The van der Waals surface area contributed by atoms with Crippen molar-refractivity contribution in [1.82, 2.24) is 4.98 Å². The third-order valence-corrected chi connectivity index (χ3v) is 3.17. The predicted molar refractivity (Wildman–Crippen MR) is 80.5 cm³/mol. The minimum Gasteiger partial charge on any atom is -0.326 e. The maximum Gasteiger partial charge on any atom is 0.416 e. The van der Waals surface area contributed by atoms with Crippen LogP contribution in [0.5, 0.6) is 0 Å². The first kappa shape index (κ1) is 17.0. The first-order valence-corrected chi connectivity index (χ1v) is 6.99. The number of anilines is 1. The molecule has 0 spiro atoms. The van der Waals surface area contributed by atoms with Gasteiger partial charge in [-0.15, -0.1) is 0 Å². The van der Waals surface area contributed by atoms with Crippen LogP contribution in [0.1, 0.15) is 23.2 Å². The summed E-state index contributed by atoms with van der Waals surface area (Å²) in [5, 5.41) is 2.48. The Bertz CT molecular complexity index is 672. The van der Waals surface area contributed by atoms with Crippen LogP contribution in [0.15, 0.2) is 42.6 Å². The van der Waals surface area contributed by atoms with Crippen molar-refractivity contribution < 1.29 is 18.0 Å². The van der Waals surface area contributed by atoms with Gasteiger partial charge in [-0.05, 0) is 42.3 Å². The molecular formula is C16H16F3N3O. The zero-order valence-electron chi connectivity index (χ0n) is 12.2. The van der Waals surface area contributed by atoms with Crippen LogP contribution in [0, 0.1) is 0 Å². The van der Waals surface area contributed by atoms with Crippen molar-refractivity contribution in [2.45, 2.75) is 25.6 Å². The zero-order chi connectivity index (χ0) is 16.9. The molecule has 0 aliphatic heterocycles. The van der Waals surface area contributed by atoms with Gasteiger partial charge in [0.15, 0.2) is 0 Å². The molecule has 3 N–H and O–H groups in total. The third kappa shape index (κ3) is 5.07. The number of alkyl halides is 3. The van der Waals surface area contributed by atoms with E-state index in [-0.39, 0.29) is 24.6 Å². The molecule has 0 aliphatic rings. The third-order valence-electron chi connectivity index (χ3n) is 3.17. The molecule has 0 saturated carbocycles. The molecule has 0 unspecified atom stereocenters. The minimum atomic E-state index is -4.49. The van der Waals surface area contributed by atoms with E-state index in [0.29, 0.717) is 12.0 Å². The molecule has 1 aromatic heterocycles. The number of amides is 1. The van der Waals surface area contributed by atoms with Gasteiger partial charge in [-0.25, -0.2) is 0 Å². The van der Waals surface area contributed by atoms with E-state index in [9.17, 15) is 18.0 Å². The second-order valence-corrected chi connectivity index (χ2v) is 4.99. The van der Waals surface area contributed by atoms with Crippen molar-refractivity contribution in [2.75, 3.05) is 5.32 Å². The molecule has 2 aromatic rings. The Morgan fingerprint density at radius 2 is 2.00 bits per heavy atom. The maximum atomic E-state index is 12.8. The van der Waals surface area contributed by atoms with Gasteiger partial charge < -0.3 is 11.1 Å². The van der Waals surface area contributed by atoms with Crippen molar-refractivity contribution in [3.05, 3.63) is 59.4 Å². The fourth-order valence-corrected chi connectivity index (χ4v) is 2.06. The number of nitrogens with one attached hydrogen (secondary N) is 1. The number of aromatic nitrogens is 1. The van der Waals surface area contributed by atoms with E-state index in [2.05, 4.69) is 10.3 Å². The molecule has 1 aromatic carbocycles. The Kier molecular flexibility index (Phi) is 5.33. The minimum absolute atomic E-state index is 0.0409. The lowest BCUT2D eigenvalue weighted by molar-refractivity contribution is -0.137. The van der Waals surface area contributed by atoms with E-state index in [1.807, 2.05) is 0 Å². The molecule has 0 radical (unpaired) electrons. The quantitative estimate of drug-likeness (QED) is 0.888. The zero-order valence-corrected chi connectivity index (χ0v) is 12.2. The summed E-state index contributed by atoms with van der Waals surface area (Å²) in [4.78, 5) is 16.0. The normalized spacial score (nSPS) is 11.3. The molecule has 0 atom stereocenters. The van der Waals surface area contributed by atoms with E-state index in [1.54, 1.807) is 24.4 Å². The fourth-order valence-electron chi connectivity index (χ4n) is 2.06. The Balaban J connectivity index is 2.05. The summed E-state index contributed by atoms with van der Waals surface area (Å²) in [6, 6.07) is 8.67. The number of halogens is 3. The lowest BCUT2D eigenvalue weighted by Crippen LogP contribution is -2.15. The summed E-state index contributed by atoms with van der Waals surface area (Å²) in [5.41, 5.74) is 5.71. The Morgan fingerprint density at radius 3 is 2.61 bits per heavy atom. The molecule has 7 heteroatoms. The average Bonchev–Trinajstić information content (AvgIpc) is 2.52. The van der Waals surface area contributed by atoms with Crippen molar-refractivity contribution in [3.8, 4) is 0 Å². The van der Waals surface area contributed by atoms with Crippen molar-refractivity contribution in [2.24, 2.45) is 5.73 Å². The summed E-state index contributed by atoms with van der Waals surface area (Å²) < 4.78 is 38.5. The van der Waals surface area contributed by atoms with E-state index in [4.69, 9.17) is 5.73 Å². The molecule has 0 aliphatic carbocycles. The van der Waals surface area contributed by atoms with Gasteiger partial charge in [-0.2, -0.15) is 13.2 Å². The van der Waals surface area contributed by atoms with Crippen LogP contribution in [0.25, 0.3) is 0 Å². The number of nitrogens with zero attached hydrogens (tertiary/aromatic N) is 1. The molecule has 1 heterocycles. The highest BCUT2D eigenvalue weighted by molar-refractivity contribution is 5.91. The van der Waals surface area contributed by atoms with Crippen LogP contribution in [0.2, 0.25) is 0 Å². The van der Waals surface area contributed by atoms with Gasteiger partial charge in [0.25, 0.3) is 0 Å². The van der Waals surface area contributed by atoms with Gasteiger partial charge in [0.1, 0.15) is 0 Å². The average molecular weight is 323 g/mol. The van der Waals surface area contributed by atoms with Gasteiger partial charge in [0.05, 0.1) is 5.56 Å². The number of hydrogen-bond acceptors (Lipinski definition) is 3. The summed E-state index contributed by atoms with van der Waals surface area (Å²) in [5.74, 6) is -0.377. The number of benzene rings is 1. The van der Waals surface area contributed by atoms with Gasteiger partial charge >= 0.3 is 6.18 Å². The molecule has 4 nitrogen and oxygen atoms in total. The molecule has 23 heavy (non-hydrogen) atoms. The van der Waals surface area contributed by atoms with E-state index in [0.717, 1.165) is 17.8 Å². The van der Waals surface area contributed by atoms with Crippen molar-refractivity contribution in [1.29, 1.82) is 0 Å². The molecule has 1 amide bonds. The van der Waals surface area contributed by atoms with Crippen LogP contribution in [-0.4, -0.2) is 10.9 Å². The van der Waals surface area contributed by atoms with Gasteiger partial charge in [0.2, 0.25) is 5.91 Å². The number of aryl methyl sites for hydroxylation is 1. The highest BCUT2D eigenvalue weighted by Crippen LogP contribution is 2.32. The topological polar surface area (TPSA) is 68.0 Å². The lowest BCUT2D eigenvalue weighted by atomic mass is 10.1. The summed E-state index contributed by atoms with van der Waals surface area (Å²) in [6.07, 6.45) is -2.33. The Hall–Kier alpha value is -2.41. The van der Waals surface area contributed by atoms with E-state index in [1.165, 1.54) is 6.07 Å². The monoisotopic (exact) mass is 323 g/mol. The summed E-state index contributed by atoms with van der Waals surface area (Å²) in [7, 11) is 0. The highest BCUT2D eigenvalue weighted by Gasteiger charge is 2.31. The molecule has 2 rings (SSSR count). The van der Waals surface area contributed by atoms with Gasteiger partial charge in [-0.3, -0.25) is 9.78 Å². The van der Waals surface area contributed by atoms with Crippen LogP contribution < -0.4 is 11.1 Å². The van der Waals surface area contributed by atoms with Crippen LogP contribution >= 0.6 is 0 Å². The number of carbonyl (C=O) groups is 1. The Morgan fingerprint density at radius 1 is 1.22 bits per heavy atom. The molecule has 0 bridgehead atoms. The van der Waals surface area contributed by atoms with E-state index < -0.39 is 11.7 Å². The van der Waals surface area contributed by atoms with Gasteiger partial charge in [-0.1, -0.05) is 6.07 Å². The first-order chi connectivity index (χ1) is 10.9. The number of nitrogens with two attached hydrogens (primary N) is 1. The second kappa shape index (κ2) is 7.23. The largest absolute Gasteiger partial charge is 0.416 e. The van der Waals surface area contributed by atoms with E-state index >= 15 is 0 Å². The first-order valence-electron chi connectivity index (χ1n) is 6.99. The maximum absolute atomic E-state index is 12.8. The molecular weight excluding hydrogens is 307 g/mol. The molecule has 122 valence electrons. The lowest BCUT2D eigenvalue weighted by Gasteiger charge is -2.12. The number of pyridine rings is 1.